The van der Waals surface area contributed by atoms with Crippen LogP contribution in [-0.2, 0) is 27.5 Å². The van der Waals surface area contributed by atoms with E-state index in [1.54, 1.807) is 26.0 Å². The van der Waals surface area contributed by atoms with E-state index in [4.69, 9.17) is 14.7 Å². The summed E-state index contributed by atoms with van der Waals surface area (Å²) in [6, 6.07) is 7.57. The molecule has 11 nitrogen and oxygen atoms in total. The fourth-order valence-electron chi connectivity index (χ4n) is 5.36. The monoisotopic (exact) mass is 599 g/mol. The van der Waals surface area contributed by atoms with Crippen molar-refractivity contribution >= 4 is 49.9 Å². The number of fused-ring (bicyclic) bond motifs is 1. The Bertz CT molecular complexity index is 1510. The van der Waals surface area contributed by atoms with Crippen LogP contribution in [0.15, 0.2) is 29.2 Å². The van der Waals surface area contributed by atoms with Crippen molar-refractivity contribution in [3.63, 3.8) is 0 Å². The topological polar surface area (TPSA) is 121 Å². The van der Waals surface area contributed by atoms with E-state index in [1.165, 1.54) is 17.6 Å². The van der Waals surface area contributed by atoms with E-state index >= 15 is 0 Å². The number of aromatic nitrogens is 3. The van der Waals surface area contributed by atoms with Gasteiger partial charge in [0.25, 0.3) is 0 Å². The number of thiazole rings is 1. The average Bonchev–Trinajstić information content (AvgIpc) is 3.51. The van der Waals surface area contributed by atoms with Gasteiger partial charge in [0.1, 0.15) is 16.5 Å². The Kier molecular flexibility index (Phi) is 8.48. The van der Waals surface area contributed by atoms with Crippen molar-refractivity contribution in [2.45, 2.75) is 50.6 Å². The van der Waals surface area contributed by atoms with Crippen molar-refractivity contribution < 1.29 is 17.9 Å². The maximum Gasteiger partial charge on any atom is 0.350 e. The summed E-state index contributed by atoms with van der Waals surface area (Å²) in [6.45, 7) is 7.05. The molecule has 4 heterocycles. The van der Waals surface area contributed by atoms with Crippen LogP contribution >= 0.6 is 11.3 Å². The molecule has 13 heteroatoms. The predicted molar refractivity (Wildman–Crippen MR) is 161 cm³/mol. The van der Waals surface area contributed by atoms with E-state index in [0.717, 1.165) is 61.7 Å². The first kappa shape index (κ1) is 29.2. The molecule has 1 fully saturated rings. The van der Waals surface area contributed by atoms with Gasteiger partial charge >= 0.3 is 5.97 Å². The molecule has 1 aromatic carbocycles. The van der Waals surface area contributed by atoms with Gasteiger partial charge in [0.2, 0.25) is 5.95 Å². The number of anilines is 4. The quantitative estimate of drug-likeness (QED) is 0.363. The van der Waals surface area contributed by atoms with Crippen molar-refractivity contribution in [3.05, 3.63) is 46.0 Å². The first-order valence-corrected chi connectivity index (χ1v) is 16.5. The Labute approximate surface area is 245 Å². The molecule has 220 valence electrons. The predicted octanol–water partition coefficient (Wildman–Crippen LogP) is 3.66. The fraction of sp³-hybridized carbons (Fsp3) is 0.500. The number of carbonyl (C=O) groups is 1. The Morgan fingerprint density at radius 1 is 1.10 bits per heavy atom. The molecule has 2 aromatic heterocycles. The van der Waals surface area contributed by atoms with E-state index < -0.39 is 9.84 Å². The third-order valence-corrected chi connectivity index (χ3v) is 9.77. The summed E-state index contributed by atoms with van der Waals surface area (Å²) in [5.74, 6) is 1.83. The molecule has 0 aliphatic carbocycles. The summed E-state index contributed by atoms with van der Waals surface area (Å²) >= 11 is 1.23. The zero-order chi connectivity index (χ0) is 29.3. The molecule has 0 saturated carbocycles. The van der Waals surface area contributed by atoms with Crippen molar-refractivity contribution in [3.8, 4) is 0 Å². The number of nitrogens with one attached hydrogen (secondary N) is 1. The van der Waals surface area contributed by atoms with E-state index in [9.17, 15) is 13.2 Å². The average molecular weight is 600 g/mol. The molecular weight excluding hydrogens is 562 g/mol. The van der Waals surface area contributed by atoms with Gasteiger partial charge in [-0.3, -0.25) is 5.32 Å². The van der Waals surface area contributed by atoms with Gasteiger partial charge in [0.15, 0.2) is 15.0 Å². The third kappa shape index (κ3) is 6.47. The number of ether oxygens (including phenoxy) is 1. The van der Waals surface area contributed by atoms with Gasteiger partial charge in [-0.2, -0.15) is 9.97 Å². The Hall–Kier alpha value is -3.29. The summed E-state index contributed by atoms with van der Waals surface area (Å²) in [6.07, 6.45) is 4.15. The second kappa shape index (κ2) is 11.9. The number of hydrogen-bond donors (Lipinski definition) is 1. The highest BCUT2D eigenvalue weighted by Crippen LogP contribution is 2.37. The molecule has 0 amide bonds. The molecule has 1 saturated heterocycles. The summed E-state index contributed by atoms with van der Waals surface area (Å²) in [4.78, 5) is 34.4. The lowest BCUT2D eigenvalue weighted by Gasteiger charge is -2.36. The number of carbonyl (C=O) groups excluding carboxylic acids is 1. The Balaban J connectivity index is 1.45. The summed E-state index contributed by atoms with van der Waals surface area (Å²) in [5, 5.41) is 3.79. The summed E-state index contributed by atoms with van der Waals surface area (Å²) < 4.78 is 29.0. The van der Waals surface area contributed by atoms with Crippen LogP contribution in [0.25, 0.3) is 0 Å². The number of hydrogen-bond acceptors (Lipinski definition) is 12. The first-order chi connectivity index (χ1) is 19.5. The molecule has 3 aromatic rings. The molecular formula is C28H37N7O4S2. The molecule has 1 N–H and O–H groups in total. The van der Waals surface area contributed by atoms with Gasteiger partial charge in [0, 0.05) is 44.0 Å². The molecule has 0 bridgehead atoms. The van der Waals surface area contributed by atoms with E-state index in [-0.39, 0.29) is 5.97 Å². The Morgan fingerprint density at radius 3 is 2.41 bits per heavy atom. The zero-order valence-corrected chi connectivity index (χ0v) is 25.8. The van der Waals surface area contributed by atoms with E-state index in [0.29, 0.717) is 45.7 Å². The van der Waals surface area contributed by atoms with Crippen LogP contribution in [0.5, 0.6) is 0 Å². The molecule has 5 rings (SSSR count). The number of piperidine rings is 1. The normalized spacial score (nSPS) is 15.9. The molecule has 2 aliphatic rings. The van der Waals surface area contributed by atoms with Crippen LogP contribution in [0.2, 0.25) is 0 Å². The van der Waals surface area contributed by atoms with Crippen LogP contribution in [0.1, 0.15) is 46.3 Å². The molecule has 2 aliphatic heterocycles. The minimum absolute atomic E-state index is 0.299. The van der Waals surface area contributed by atoms with Crippen LogP contribution in [0.3, 0.4) is 0 Å². The van der Waals surface area contributed by atoms with Gasteiger partial charge in [-0.25, -0.2) is 18.2 Å². The third-order valence-electron chi connectivity index (χ3n) is 7.59. The van der Waals surface area contributed by atoms with Gasteiger partial charge in [-0.1, -0.05) is 23.5 Å². The Morgan fingerprint density at radius 2 is 1.78 bits per heavy atom. The van der Waals surface area contributed by atoms with Crippen LogP contribution in [-0.4, -0.2) is 86.9 Å². The fourth-order valence-corrected chi connectivity index (χ4v) is 6.84. The van der Waals surface area contributed by atoms with Crippen molar-refractivity contribution in [2.75, 3.05) is 61.7 Å². The van der Waals surface area contributed by atoms with Gasteiger partial charge in [0.05, 0.1) is 17.2 Å². The number of nitrogens with zero attached hydrogens (tertiary/aromatic N) is 6. The van der Waals surface area contributed by atoms with E-state index in [2.05, 4.69) is 39.1 Å². The largest absolute Gasteiger partial charge is 0.462 e. The number of benzene rings is 1. The van der Waals surface area contributed by atoms with Crippen LogP contribution in [0, 0.1) is 6.92 Å². The van der Waals surface area contributed by atoms with Gasteiger partial charge in [-0.05, 0) is 64.9 Å². The van der Waals surface area contributed by atoms with Crippen LogP contribution < -0.4 is 15.1 Å². The summed E-state index contributed by atoms with van der Waals surface area (Å²) in [7, 11) is 1.01. The number of aryl methyl sites for hydroxylation is 1. The second-order valence-corrected chi connectivity index (χ2v) is 13.7. The van der Waals surface area contributed by atoms with Crippen molar-refractivity contribution in [1.82, 2.24) is 19.9 Å². The van der Waals surface area contributed by atoms with Gasteiger partial charge < -0.3 is 19.4 Å². The molecule has 0 radical (unpaired) electrons. The number of esters is 1. The van der Waals surface area contributed by atoms with Crippen LogP contribution in [0.4, 0.5) is 22.7 Å². The highest BCUT2D eigenvalue weighted by molar-refractivity contribution is 7.90. The minimum atomic E-state index is -3.25. The highest BCUT2D eigenvalue weighted by Gasteiger charge is 2.31. The SMILES string of the molecule is CCOC(=O)c1sc(Nc2nc(N3CCC(N(C)C)CC3)c3c(n2)N(Cc2ccc(S(C)(=O)=O)cc2)CC3)nc1C. The maximum absolute atomic E-state index is 12.4. The molecule has 41 heavy (non-hydrogen) atoms. The highest BCUT2D eigenvalue weighted by atomic mass is 32.2. The smallest absolute Gasteiger partial charge is 0.350 e. The van der Waals surface area contributed by atoms with Crippen molar-refractivity contribution in [2.24, 2.45) is 0 Å². The minimum Gasteiger partial charge on any atom is -0.462 e. The number of sulfone groups is 1. The van der Waals surface area contributed by atoms with E-state index in [1.807, 2.05) is 12.1 Å². The first-order valence-electron chi connectivity index (χ1n) is 13.8. The zero-order valence-electron chi connectivity index (χ0n) is 24.2. The lowest BCUT2D eigenvalue weighted by atomic mass is 10.0. The lowest BCUT2D eigenvalue weighted by Crippen LogP contribution is -2.42. The lowest BCUT2D eigenvalue weighted by molar-refractivity contribution is 0.0531. The summed E-state index contributed by atoms with van der Waals surface area (Å²) in [5.41, 5.74) is 2.72. The number of rotatable bonds is 9. The molecule has 0 atom stereocenters. The molecule has 0 unspecified atom stereocenters. The van der Waals surface area contributed by atoms with Crippen molar-refractivity contribution in [1.29, 1.82) is 0 Å². The maximum atomic E-state index is 12.4. The second-order valence-electron chi connectivity index (χ2n) is 10.7. The van der Waals surface area contributed by atoms with Gasteiger partial charge in [-0.15, -0.1) is 0 Å². The standard InChI is InChI=1S/C28H37N7O4S2/c1-6-39-26(36)23-18(2)29-28(40-23)32-27-30-24(34-14-11-20(12-15-34)33(3)4)22-13-16-35(25(22)31-27)17-19-7-9-21(10-8-19)41(5,37)38/h7-10,20H,6,11-17H2,1-5H3,(H,29,30,31,32). The molecule has 0 spiro atoms.